The van der Waals surface area contributed by atoms with Crippen molar-refractivity contribution in [2.45, 2.75) is 95.4 Å². The standard InChI is InChI=1S/C23H43N7O6/c1-14(26)19(31)28-16(8-3-5-11-24)22(34)30-13-7-10-18(30)21(33)27-15(2)20(32)29-17(23(35)36)9-4-6-12-25/h14-18H,3-13,24-26H2,1-2H3,(H,27,33)(H,28,31)(H,29,32)(H,35,36)/t14-,15-,16-,17-,18-/m0/s1. The highest BCUT2D eigenvalue weighted by Gasteiger charge is 2.38. The van der Waals surface area contributed by atoms with Crippen LogP contribution >= 0.6 is 0 Å². The number of rotatable bonds is 16. The Hall–Kier alpha value is -2.77. The fourth-order valence-corrected chi connectivity index (χ4v) is 3.98. The van der Waals surface area contributed by atoms with Crippen LogP contribution in [0.25, 0.3) is 0 Å². The molecule has 0 aliphatic carbocycles. The second-order valence-electron chi connectivity index (χ2n) is 9.24. The zero-order valence-electron chi connectivity index (χ0n) is 21.3. The van der Waals surface area contributed by atoms with Crippen LogP contribution in [0.4, 0.5) is 0 Å². The van der Waals surface area contributed by atoms with Crippen LogP contribution in [0.5, 0.6) is 0 Å². The Morgan fingerprint density at radius 2 is 1.44 bits per heavy atom. The van der Waals surface area contributed by atoms with Crippen molar-refractivity contribution < 1.29 is 29.1 Å². The van der Waals surface area contributed by atoms with Crippen molar-refractivity contribution in [2.24, 2.45) is 17.2 Å². The summed E-state index contributed by atoms with van der Waals surface area (Å²) in [5, 5.41) is 17.1. The van der Waals surface area contributed by atoms with Crippen LogP contribution in [0, 0.1) is 0 Å². The van der Waals surface area contributed by atoms with Crippen molar-refractivity contribution in [1.82, 2.24) is 20.9 Å². The molecule has 1 heterocycles. The molecular weight excluding hydrogens is 470 g/mol. The number of nitrogens with two attached hydrogens (primary N) is 3. The molecule has 13 nitrogen and oxygen atoms in total. The van der Waals surface area contributed by atoms with Crippen LogP contribution < -0.4 is 33.2 Å². The second kappa shape index (κ2) is 16.1. The number of likely N-dealkylation sites (tertiary alicyclic amines) is 1. The van der Waals surface area contributed by atoms with E-state index in [4.69, 9.17) is 17.2 Å². The molecule has 1 rings (SSSR count). The number of hydrogen-bond acceptors (Lipinski definition) is 8. The molecule has 0 saturated carbocycles. The van der Waals surface area contributed by atoms with Crippen molar-refractivity contribution in [2.75, 3.05) is 19.6 Å². The molecule has 0 aromatic rings. The summed E-state index contributed by atoms with van der Waals surface area (Å²) in [4.78, 5) is 63.8. The van der Waals surface area contributed by atoms with Crippen molar-refractivity contribution in [3.63, 3.8) is 0 Å². The van der Waals surface area contributed by atoms with E-state index in [1.54, 1.807) is 0 Å². The van der Waals surface area contributed by atoms with E-state index >= 15 is 0 Å². The molecule has 1 aliphatic heterocycles. The van der Waals surface area contributed by atoms with Crippen LogP contribution in [-0.2, 0) is 24.0 Å². The maximum atomic E-state index is 13.3. The summed E-state index contributed by atoms with van der Waals surface area (Å²) < 4.78 is 0. The first-order valence-electron chi connectivity index (χ1n) is 12.6. The lowest BCUT2D eigenvalue weighted by molar-refractivity contribution is -0.143. The minimum atomic E-state index is -1.17. The number of carbonyl (C=O) groups excluding carboxylic acids is 4. The Kier molecular flexibility index (Phi) is 14.0. The van der Waals surface area contributed by atoms with Crippen molar-refractivity contribution in [3.05, 3.63) is 0 Å². The van der Waals surface area contributed by atoms with Gasteiger partial charge in [0.25, 0.3) is 0 Å². The molecular formula is C23H43N7O6. The van der Waals surface area contributed by atoms with E-state index in [-0.39, 0.29) is 12.3 Å². The van der Waals surface area contributed by atoms with E-state index < -0.39 is 53.9 Å². The van der Waals surface area contributed by atoms with Gasteiger partial charge in [-0.1, -0.05) is 0 Å². The summed E-state index contributed by atoms with van der Waals surface area (Å²) in [5.41, 5.74) is 16.6. The maximum absolute atomic E-state index is 13.3. The normalized spacial score (nSPS) is 18.6. The number of amides is 4. The quantitative estimate of drug-likeness (QED) is 0.115. The van der Waals surface area contributed by atoms with Gasteiger partial charge in [-0.15, -0.1) is 0 Å². The molecule has 13 heteroatoms. The minimum Gasteiger partial charge on any atom is -0.480 e. The van der Waals surface area contributed by atoms with Gasteiger partial charge in [-0.2, -0.15) is 0 Å². The van der Waals surface area contributed by atoms with E-state index in [1.807, 2.05) is 0 Å². The van der Waals surface area contributed by atoms with Gasteiger partial charge < -0.3 is 43.2 Å². The molecule has 0 bridgehead atoms. The number of hydrogen-bond donors (Lipinski definition) is 7. The third kappa shape index (κ3) is 10.1. The van der Waals surface area contributed by atoms with E-state index in [0.29, 0.717) is 64.6 Å². The average Bonchev–Trinajstić information content (AvgIpc) is 3.32. The van der Waals surface area contributed by atoms with Crippen LogP contribution in [-0.4, -0.2) is 89.4 Å². The second-order valence-corrected chi connectivity index (χ2v) is 9.24. The number of carbonyl (C=O) groups is 5. The predicted molar refractivity (Wildman–Crippen MR) is 133 cm³/mol. The average molecular weight is 514 g/mol. The molecule has 0 spiro atoms. The Morgan fingerprint density at radius 1 is 0.889 bits per heavy atom. The number of carboxylic acid groups (broad SMARTS) is 1. The molecule has 0 unspecified atom stereocenters. The molecule has 10 N–H and O–H groups in total. The van der Waals surface area contributed by atoms with E-state index in [9.17, 15) is 29.1 Å². The van der Waals surface area contributed by atoms with Gasteiger partial charge in [-0.25, -0.2) is 4.79 Å². The van der Waals surface area contributed by atoms with Gasteiger partial charge in [0.1, 0.15) is 24.2 Å². The highest BCUT2D eigenvalue weighted by molar-refractivity contribution is 5.95. The molecule has 1 saturated heterocycles. The first kappa shape index (κ1) is 31.3. The lowest BCUT2D eigenvalue weighted by Gasteiger charge is -2.30. The summed E-state index contributed by atoms with van der Waals surface area (Å²) in [6.07, 6.45) is 4.04. The van der Waals surface area contributed by atoms with Gasteiger partial charge in [0.05, 0.1) is 6.04 Å². The molecule has 1 fully saturated rings. The van der Waals surface area contributed by atoms with E-state index in [0.717, 1.165) is 0 Å². The smallest absolute Gasteiger partial charge is 0.326 e. The molecule has 0 aromatic heterocycles. The number of carboxylic acids is 1. The Balaban J connectivity index is 2.81. The maximum Gasteiger partial charge on any atom is 0.326 e. The molecule has 0 radical (unpaired) electrons. The zero-order chi connectivity index (χ0) is 27.3. The number of aliphatic carboxylic acids is 1. The van der Waals surface area contributed by atoms with Crippen LogP contribution in [0.1, 0.15) is 65.2 Å². The van der Waals surface area contributed by atoms with E-state index in [1.165, 1.54) is 18.7 Å². The molecule has 0 aromatic carbocycles. The van der Waals surface area contributed by atoms with E-state index in [2.05, 4.69) is 16.0 Å². The fraction of sp³-hybridized carbons (Fsp3) is 0.783. The van der Waals surface area contributed by atoms with Gasteiger partial charge in [0, 0.05) is 6.54 Å². The largest absolute Gasteiger partial charge is 0.480 e. The summed E-state index contributed by atoms with van der Waals surface area (Å²) in [5.74, 6) is -3.17. The Labute approximate surface area is 212 Å². The Morgan fingerprint density at radius 3 is 1.97 bits per heavy atom. The Bertz CT molecular complexity index is 763. The predicted octanol–water partition coefficient (Wildman–Crippen LogP) is -1.86. The highest BCUT2D eigenvalue weighted by atomic mass is 16.4. The summed E-state index contributed by atoms with van der Waals surface area (Å²) in [6.45, 7) is 4.17. The molecule has 4 amide bonds. The summed E-state index contributed by atoms with van der Waals surface area (Å²) in [6, 6.07) is -4.54. The molecule has 206 valence electrons. The van der Waals surface area contributed by atoms with Crippen molar-refractivity contribution in [1.29, 1.82) is 0 Å². The monoisotopic (exact) mass is 513 g/mol. The number of nitrogens with zero attached hydrogens (tertiary/aromatic N) is 1. The fourth-order valence-electron chi connectivity index (χ4n) is 3.98. The first-order chi connectivity index (χ1) is 17.0. The third-order valence-electron chi connectivity index (χ3n) is 6.13. The minimum absolute atomic E-state index is 0.225. The van der Waals surface area contributed by atoms with Gasteiger partial charge in [-0.05, 0) is 78.3 Å². The van der Waals surface area contributed by atoms with Gasteiger partial charge >= 0.3 is 5.97 Å². The topological polar surface area (TPSA) is 223 Å². The van der Waals surface area contributed by atoms with Crippen LogP contribution in [0.2, 0.25) is 0 Å². The lowest BCUT2D eigenvalue weighted by atomic mass is 10.1. The molecule has 5 atom stereocenters. The lowest BCUT2D eigenvalue weighted by Crippen LogP contribution is -2.57. The molecule has 36 heavy (non-hydrogen) atoms. The van der Waals surface area contributed by atoms with Gasteiger partial charge in [0.2, 0.25) is 23.6 Å². The zero-order valence-corrected chi connectivity index (χ0v) is 21.3. The molecule has 1 aliphatic rings. The van der Waals surface area contributed by atoms with Gasteiger partial charge in [-0.3, -0.25) is 19.2 Å². The number of unbranched alkanes of at least 4 members (excludes halogenated alkanes) is 2. The SMILES string of the molecule is C[C@H](N)C(=O)N[C@@H](CCCCN)C(=O)N1CCC[C@H]1C(=O)N[C@@H](C)C(=O)N[C@@H](CCCCN)C(=O)O. The van der Waals surface area contributed by atoms with Crippen LogP contribution in [0.15, 0.2) is 0 Å². The highest BCUT2D eigenvalue weighted by Crippen LogP contribution is 2.20. The first-order valence-corrected chi connectivity index (χ1v) is 12.6. The third-order valence-corrected chi connectivity index (χ3v) is 6.13. The summed E-state index contributed by atoms with van der Waals surface area (Å²) in [7, 11) is 0. The van der Waals surface area contributed by atoms with Crippen molar-refractivity contribution in [3.8, 4) is 0 Å². The number of nitrogens with one attached hydrogen (secondary N) is 3. The van der Waals surface area contributed by atoms with Gasteiger partial charge in [0.15, 0.2) is 0 Å². The van der Waals surface area contributed by atoms with Crippen molar-refractivity contribution >= 4 is 29.6 Å². The van der Waals surface area contributed by atoms with Crippen LogP contribution in [0.3, 0.4) is 0 Å². The summed E-state index contributed by atoms with van der Waals surface area (Å²) >= 11 is 0.